The van der Waals surface area contributed by atoms with Gasteiger partial charge in [0.1, 0.15) is 22.9 Å². The second-order valence-electron chi connectivity index (χ2n) is 14.6. The Hall–Kier alpha value is -5.95. The van der Waals surface area contributed by atoms with Crippen LogP contribution in [0.2, 0.25) is 5.02 Å². The zero-order chi connectivity index (χ0) is 40.6. The third-order valence-corrected chi connectivity index (χ3v) is 12.2. The van der Waals surface area contributed by atoms with Crippen LogP contribution in [0.25, 0.3) is 5.57 Å². The fourth-order valence-corrected chi connectivity index (χ4v) is 9.77. The number of hydrazine groups is 1. The first-order chi connectivity index (χ1) is 27.2. The summed E-state index contributed by atoms with van der Waals surface area (Å²) in [7, 11) is 4.06. The first-order valence-electron chi connectivity index (χ1n) is 18.1. The van der Waals surface area contributed by atoms with Crippen LogP contribution in [0.5, 0.6) is 17.2 Å². The molecule has 57 heavy (non-hydrogen) atoms. The number of rotatable bonds is 7. The average molecular weight is 798 g/mol. The summed E-state index contributed by atoms with van der Waals surface area (Å²) in [5.41, 5.74) is -1.01. The minimum absolute atomic E-state index is 0.00761. The molecule has 1 N–H and O–H groups in total. The maximum Gasteiger partial charge on any atom is 0.433 e. The molecule has 4 aromatic rings. The number of Topliss-reactive ketones (excluding diaryl/α,β-unsaturated/α-hetero) is 1. The molecule has 1 saturated carbocycles. The Morgan fingerprint density at radius 1 is 0.912 bits per heavy atom. The molecule has 0 radical (unpaired) electrons. The van der Waals surface area contributed by atoms with E-state index < -0.39 is 70.3 Å². The van der Waals surface area contributed by atoms with Gasteiger partial charge in [-0.15, -0.1) is 0 Å². The Balaban J connectivity index is 1.34. The number of fused-ring (bicyclic) bond motifs is 4. The van der Waals surface area contributed by atoms with Crippen LogP contribution < -0.4 is 14.5 Å². The van der Waals surface area contributed by atoms with Gasteiger partial charge in [-0.2, -0.15) is 18.2 Å². The lowest BCUT2D eigenvalue weighted by Crippen LogP contribution is -2.59. The minimum Gasteiger partial charge on any atom is -0.507 e. The number of aromatic hydroxyl groups is 1. The summed E-state index contributed by atoms with van der Waals surface area (Å²) in [6, 6.07) is 22.2. The van der Waals surface area contributed by atoms with E-state index in [2.05, 4.69) is 4.98 Å². The summed E-state index contributed by atoms with van der Waals surface area (Å²) in [4.78, 5) is 63.2. The number of carbonyl (C=O) groups is 4. The molecule has 2 amide bonds. The van der Waals surface area contributed by atoms with Crippen LogP contribution in [-0.2, 0) is 30.8 Å². The summed E-state index contributed by atoms with van der Waals surface area (Å²) in [5, 5.41) is 13.4. The number of phenols is 1. The number of imide groups is 1. The summed E-state index contributed by atoms with van der Waals surface area (Å²) in [6.45, 7) is 0. The van der Waals surface area contributed by atoms with Crippen LogP contribution >= 0.6 is 11.6 Å². The highest BCUT2D eigenvalue weighted by Gasteiger charge is 2.67. The molecule has 1 aromatic heterocycles. The number of ketones is 2. The zero-order valence-corrected chi connectivity index (χ0v) is 31.5. The van der Waals surface area contributed by atoms with E-state index in [-0.39, 0.29) is 52.0 Å². The van der Waals surface area contributed by atoms with Gasteiger partial charge in [0, 0.05) is 42.2 Å². The topological polar surface area (TPSA) is 126 Å². The van der Waals surface area contributed by atoms with Crippen molar-refractivity contribution in [3.63, 3.8) is 0 Å². The van der Waals surface area contributed by atoms with E-state index in [1.165, 1.54) is 33.4 Å². The Labute approximate surface area is 330 Å². The lowest BCUT2D eigenvalue weighted by molar-refractivity contribution is -0.141. The van der Waals surface area contributed by atoms with Gasteiger partial charge in [0.25, 0.3) is 11.8 Å². The van der Waals surface area contributed by atoms with E-state index in [0.29, 0.717) is 22.8 Å². The molecule has 3 aliphatic carbocycles. The summed E-state index contributed by atoms with van der Waals surface area (Å²) in [6.07, 6.45) is -1.72. The molecule has 0 bridgehead atoms. The lowest BCUT2D eigenvalue weighted by atomic mass is 9.44. The van der Waals surface area contributed by atoms with Crippen LogP contribution in [0, 0.1) is 23.7 Å². The maximum absolute atomic E-state index is 15.3. The molecular weight excluding hydrogens is 763 g/mol. The Morgan fingerprint density at radius 2 is 1.60 bits per heavy atom. The van der Waals surface area contributed by atoms with Gasteiger partial charge >= 0.3 is 6.18 Å². The molecule has 10 nitrogen and oxygen atoms in total. The van der Waals surface area contributed by atoms with Gasteiger partial charge in [-0.25, -0.2) is 4.98 Å². The monoisotopic (exact) mass is 797 g/mol. The number of methoxy groups -OCH3 is 2. The van der Waals surface area contributed by atoms with Crippen molar-refractivity contribution in [3.05, 3.63) is 130 Å². The van der Waals surface area contributed by atoms with E-state index in [1.807, 2.05) is 0 Å². The quantitative estimate of drug-likeness (QED) is 0.151. The van der Waals surface area contributed by atoms with Crippen molar-refractivity contribution in [1.29, 1.82) is 0 Å². The lowest BCUT2D eigenvalue weighted by Gasteiger charge is -2.55. The number of hydrogen-bond acceptors (Lipinski definition) is 9. The largest absolute Gasteiger partial charge is 0.507 e. The van der Waals surface area contributed by atoms with Crippen molar-refractivity contribution < 1.29 is 46.9 Å². The molecular formula is C43H35ClF3N3O7. The van der Waals surface area contributed by atoms with Crippen LogP contribution in [0.3, 0.4) is 0 Å². The van der Waals surface area contributed by atoms with Gasteiger partial charge in [-0.1, -0.05) is 83.9 Å². The van der Waals surface area contributed by atoms with Crippen LogP contribution in [0.15, 0.2) is 103 Å². The average Bonchev–Trinajstić information content (AvgIpc) is 3.47. The highest BCUT2D eigenvalue weighted by Crippen LogP contribution is 2.65. The molecule has 0 spiro atoms. The number of alkyl halides is 3. The number of ether oxygens (including phenoxy) is 2. The number of amides is 2. The molecule has 1 aliphatic heterocycles. The second-order valence-corrected chi connectivity index (χ2v) is 15.0. The van der Waals surface area contributed by atoms with E-state index >= 15 is 9.59 Å². The molecule has 3 aromatic carbocycles. The number of nitrogens with zero attached hydrogens (tertiary/aromatic N) is 3. The van der Waals surface area contributed by atoms with Crippen molar-refractivity contribution >= 4 is 46.4 Å². The third kappa shape index (κ3) is 5.73. The smallest absolute Gasteiger partial charge is 0.433 e. The Morgan fingerprint density at radius 3 is 2.25 bits per heavy atom. The first-order valence-corrected chi connectivity index (χ1v) is 18.5. The van der Waals surface area contributed by atoms with Crippen molar-refractivity contribution in [3.8, 4) is 17.2 Å². The predicted molar refractivity (Wildman–Crippen MR) is 202 cm³/mol. The molecule has 4 aliphatic rings. The SMILES string of the molecule is COc1cc(O)c(C2C3=CCC4C(=O)N(N(C)c5nc(C(F)(F)F)ccc5Cl)C(=O)C4C3CC3C(=O)C(c4ccccc4)=CC(=O)C32c2ccccc2)c(OC)c1. The van der Waals surface area contributed by atoms with Gasteiger partial charge in [0.05, 0.1) is 36.5 Å². The molecule has 6 atom stereocenters. The van der Waals surface area contributed by atoms with Gasteiger partial charge in [-0.3, -0.25) is 24.2 Å². The van der Waals surface area contributed by atoms with E-state index in [4.69, 9.17) is 21.1 Å². The highest BCUT2D eigenvalue weighted by atomic mass is 35.5. The first kappa shape index (κ1) is 37.9. The normalized spacial score (nSPS) is 25.6. The number of hydrogen-bond donors (Lipinski definition) is 1. The van der Waals surface area contributed by atoms with Gasteiger partial charge < -0.3 is 14.6 Å². The number of halogens is 4. The Kier molecular flexibility index (Phi) is 9.26. The number of phenolic OH excluding ortho intramolecular Hbond substituents is 1. The number of pyridine rings is 1. The number of allylic oxidation sites excluding steroid dienone is 4. The molecule has 14 heteroatoms. The fourth-order valence-electron chi connectivity index (χ4n) is 9.54. The van der Waals surface area contributed by atoms with E-state index in [1.54, 1.807) is 72.8 Å². The summed E-state index contributed by atoms with van der Waals surface area (Å²) >= 11 is 6.32. The molecule has 2 fully saturated rings. The summed E-state index contributed by atoms with van der Waals surface area (Å²) in [5.74, 6) is -7.68. The van der Waals surface area contributed by atoms with Crippen molar-refractivity contribution in [2.24, 2.45) is 23.7 Å². The van der Waals surface area contributed by atoms with Gasteiger partial charge in [0.15, 0.2) is 17.4 Å². The minimum atomic E-state index is -4.83. The molecule has 1 saturated heterocycles. The maximum atomic E-state index is 15.3. The van der Waals surface area contributed by atoms with Crippen LogP contribution in [0.1, 0.15) is 41.1 Å². The number of carbonyl (C=O) groups excluding carboxylic acids is 4. The predicted octanol–water partition coefficient (Wildman–Crippen LogP) is 7.35. The van der Waals surface area contributed by atoms with Crippen LogP contribution in [0.4, 0.5) is 19.0 Å². The van der Waals surface area contributed by atoms with Gasteiger partial charge in [-0.05, 0) is 48.1 Å². The van der Waals surface area contributed by atoms with Crippen LogP contribution in [-0.4, -0.2) is 59.7 Å². The highest BCUT2D eigenvalue weighted by molar-refractivity contribution is 6.33. The Bertz CT molecular complexity index is 2400. The van der Waals surface area contributed by atoms with Crippen molar-refractivity contribution in [2.45, 2.75) is 30.4 Å². The zero-order valence-electron chi connectivity index (χ0n) is 30.8. The molecule has 8 rings (SSSR count). The van der Waals surface area contributed by atoms with E-state index in [9.17, 15) is 27.9 Å². The number of aromatic nitrogens is 1. The van der Waals surface area contributed by atoms with Crippen molar-refractivity contribution in [1.82, 2.24) is 9.99 Å². The van der Waals surface area contributed by atoms with E-state index in [0.717, 1.165) is 16.1 Å². The molecule has 292 valence electrons. The number of benzene rings is 3. The number of anilines is 1. The fraction of sp³-hybridized carbons (Fsp3) is 0.279. The standard InChI is InChI=1S/C43H35ClF3N3O7/c1-49(39-30(44)16-17-33(48-39)43(45,46)47)50-40(54)26-15-14-25-28(35(26)41(50)55)20-29-38(53)27(22-10-6-4-7-11-22)21-34(52)42(29,23-12-8-5-9-13-23)37(25)36-31(51)18-24(56-2)19-32(36)57-3/h4-14,16-19,21,26,28-29,35,37,51H,15,20H2,1-3H3. The van der Waals surface area contributed by atoms with Crippen molar-refractivity contribution in [2.75, 3.05) is 26.3 Å². The molecule has 6 unspecified atom stereocenters. The summed E-state index contributed by atoms with van der Waals surface area (Å²) < 4.78 is 52.5. The van der Waals surface area contributed by atoms with Gasteiger partial charge in [0.2, 0.25) is 0 Å². The third-order valence-electron chi connectivity index (χ3n) is 11.9. The molecule has 2 heterocycles. The second kappa shape index (κ2) is 13.9.